The van der Waals surface area contributed by atoms with Crippen LogP contribution in [0.4, 0.5) is 0 Å². The van der Waals surface area contributed by atoms with Gasteiger partial charge in [-0.05, 0) is 45.1 Å². The number of pyridine rings is 1. The fourth-order valence-corrected chi connectivity index (χ4v) is 4.36. The van der Waals surface area contributed by atoms with E-state index < -0.39 is 0 Å². The van der Waals surface area contributed by atoms with Gasteiger partial charge in [-0.3, -0.25) is 4.79 Å². The van der Waals surface area contributed by atoms with Crippen LogP contribution < -0.4 is 4.57 Å². The van der Waals surface area contributed by atoms with Crippen molar-refractivity contribution in [3.8, 4) is 0 Å². The molecule has 0 spiro atoms. The highest BCUT2D eigenvalue weighted by atomic mass is 79.9. The molecule has 0 atom stereocenters. The first kappa shape index (κ1) is 17.1. The van der Waals surface area contributed by atoms with Gasteiger partial charge in [0.15, 0.2) is 12.4 Å². The van der Waals surface area contributed by atoms with Gasteiger partial charge < -0.3 is 0 Å². The Labute approximate surface area is 171 Å². The van der Waals surface area contributed by atoms with E-state index in [4.69, 9.17) is 0 Å². The van der Waals surface area contributed by atoms with Crippen LogP contribution in [-0.2, 0) is 6.54 Å². The third-order valence-electron chi connectivity index (χ3n) is 5.20. The summed E-state index contributed by atoms with van der Waals surface area (Å²) in [6.45, 7) is 0.324. The highest BCUT2D eigenvalue weighted by molar-refractivity contribution is 9.10. The number of carbonyl (C=O) groups excluding carboxylic acids is 1. The minimum atomic E-state index is 0.106. The topological polar surface area (TPSA) is 20.9 Å². The minimum Gasteiger partial charge on any atom is -0.287 e. The number of benzene rings is 4. The summed E-state index contributed by atoms with van der Waals surface area (Å²) in [4.78, 5) is 13.0. The van der Waals surface area contributed by atoms with Crippen molar-refractivity contribution >= 4 is 54.0 Å². The van der Waals surface area contributed by atoms with Gasteiger partial charge in [0.1, 0.15) is 0 Å². The summed E-state index contributed by atoms with van der Waals surface area (Å²) < 4.78 is 3.02. The molecule has 0 fully saturated rings. The lowest BCUT2D eigenvalue weighted by molar-refractivity contribution is -0.681. The van der Waals surface area contributed by atoms with Gasteiger partial charge in [-0.15, -0.1) is 0 Å². The molecule has 1 aromatic heterocycles. The van der Waals surface area contributed by atoms with Gasteiger partial charge >= 0.3 is 0 Å². The van der Waals surface area contributed by atoms with Crippen LogP contribution in [0.2, 0.25) is 0 Å². The van der Waals surface area contributed by atoms with E-state index >= 15 is 0 Å². The molecule has 0 saturated heterocycles. The van der Waals surface area contributed by atoms with E-state index in [9.17, 15) is 4.79 Å². The molecule has 0 amide bonds. The number of aromatic nitrogens is 1. The molecular formula is C25H17BrNO+. The van der Waals surface area contributed by atoms with Crippen molar-refractivity contribution in [3.63, 3.8) is 0 Å². The number of carbonyl (C=O) groups is 1. The summed E-state index contributed by atoms with van der Waals surface area (Å²) in [6.07, 6.45) is 3.99. The van der Waals surface area contributed by atoms with Crippen molar-refractivity contribution in [2.24, 2.45) is 0 Å². The molecule has 0 unspecified atom stereocenters. The summed E-state index contributed by atoms with van der Waals surface area (Å²) >= 11 is 3.66. The van der Waals surface area contributed by atoms with Crippen LogP contribution in [0.15, 0.2) is 95.7 Å². The summed E-state index contributed by atoms with van der Waals surface area (Å²) in [5, 5.41) is 6.85. The molecule has 0 N–H and O–H groups in total. The molecule has 134 valence electrons. The zero-order valence-corrected chi connectivity index (χ0v) is 16.7. The highest BCUT2D eigenvalue weighted by Gasteiger charge is 2.14. The maximum absolute atomic E-state index is 13.0. The molecule has 2 nitrogen and oxygen atoms in total. The molecule has 1 heterocycles. The van der Waals surface area contributed by atoms with Crippen molar-refractivity contribution in [3.05, 3.63) is 101 Å². The number of Topliss-reactive ketones (excluding diaryl/α,β-unsaturated/α-hetero) is 1. The van der Waals surface area contributed by atoms with Gasteiger partial charge in [-0.25, -0.2) is 0 Å². The van der Waals surface area contributed by atoms with E-state index in [2.05, 4.69) is 46.3 Å². The Balaban J connectivity index is 1.55. The minimum absolute atomic E-state index is 0.106. The predicted molar refractivity (Wildman–Crippen MR) is 118 cm³/mol. The van der Waals surface area contributed by atoms with Crippen LogP contribution in [0.25, 0.3) is 32.3 Å². The Morgan fingerprint density at radius 3 is 2.36 bits per heavy atom. The zero-order chi connectivity index (χ0) is 19.1. The first-order chi connectivity index (χ1) is 13.7. The average Bonchev–Trinajstić information content (AvgIpc) is 2.73. The Kier molecular flexibility index (Phi) is 4.18. The van der Waals surface area contributed by atoms with Gasteiger partial charge in [0.05, 0.1) is 0 Å². The second kappa shape index (κ2) is 6.84. The molecule has 0 aliphatic carbocycles. The van der Waals surface area contributed by atoms with Gasteiger partial charge in [-0.2, -0.15) is 4.57 Å². The third kappa shape index (κ3) is 2.98. The van der Waals surface area contributed by atoms with Crippen LogP contribution in [0, 0.1) is 0 Å². The number of ketones is 1. The fraction of sp³-hybridized carbons (Fsp3) is 0.0400. The zero-order valence-electron chi connectivity index (χ0n) is 15.1. The van der Waals surface area contributed by atoms with Crippen LogP contribution >= 0.6 is 15.9 Å². The molecule has 3 heteroatoms. The lowest BCUT2D eigenvalue weighted by Gasteiger charge is -2.08. The molecule has 0 aliphatic heterocycles. The highest BCUT2D eigenvalue weighted by Crippen LogP contribution is 2.32. The largest absolute Gasteiger partial charge is 0.287 e. The Bertz CT molecular complexity index is 1370. The van der Waals surface area contributed by atoms with Crippen molar-refractivity contribution in [2.75, 3.05) is 0 Å². The smallest absolute Gasteiger partial charge is 0.227 e. The van der Waals surface area contributed by atoms with E-state index in [-0.39, 0.29) is 5.78 Å². The number of rotatable bonds is 3. The molecular weight excluding hydrogens is 410 g/mol. The standard InChI is InChI=1S/C25H17BrNO/c26-24-14-18-9-10-19(13-23(18)21-7-3-4-8-22(21)24)25(28)16-27-12-11-17-5-1-2-6-20(17)15-27/h1-15H,16H2/q+1. The summed E-state index contributed by atoms with van der Waals surface area (Å²) in [5.74, 6) is 0.106. The monoisotopic (exact) mass is 426 g/mol. The lowest BCUT2D eigenvalue weighted by atomic mass is 9.98. The van der Waals surface area contributed by atoms with Crippen LogP contribution in [0.5, 0.6) is 0 Å². The summed E-state index contributed by atoms with van der Waals surface area (Å²) in [5.41, 5.74) is 0.737. The SMILES string of the molecule is O=C(C[n+]1ccc2ccccc2c1)c1ccc2cc(Br)c3ccccc3c2c1. The predicted octanol–water partition coefficient (Wildman–Crippen LogP) is 6.08. The molecule has 28 heavy (non-hydrogen) atoms. The molecule has 0 saturated carbocycles. The van der Waals surface area contributed by atoms with Crippen molar-refractivity contribution in [1.82, 2.24) is 0 Å². The summed E-state index contributed by atoms with van der Waals surface area (Å²) in [7, 11) is 0. The fourth-order valence-electron chi connectivity index (χ4n) is 3.76. The first-order valence-electron chi connectivity index (χ1n) is 9.21. The summed E-state index contributed by atoms with van der Waals surface area (Å²) in [6, 6.07) is 26.6. The molecule has 4 aromatic carbocycles. The molecule has 0 bridgehead atoms. The normalized spacial score (nSPS) is 11.3. The second-order valence-corrected chi connectivity index (χ2v) is 7.86. The average molecular weight is 427 g/mol. The maximum atomic E-state index is 13.0. The van der Waals surface area contributed by atoms with Gasteiger partial charge in [0.2, 0.25) is 12.3 Å². The number of nitrogens with zero attached hydrogens (tertiary/aromatic N) is 1. The quantitative estimate of drug-likeness (QED) is 0.194. The van der Waals surface area contributed by atoms with E-state index in [1.54, 1.807) is 0 Å². The number of hydrogen-bond donors (Lipinski definition) is 0. The number of fused-ring (bicyclic) bond motifs is 4. The Hall–Kier alpha value is -3.04. The third-order valence-corrected chi connectivity index (χ3v) is 5.86. The van der Waals surface area contributed by atoms with Crippen molar-refractivity contribution in [2.45, 2.75) is 6.54 Å². The second-order valence-electron chi connectivity index (χ2n) is 7.01. The first-order valence-corrected chi connectivity index (χ1v) is 10.0. The van der Waals surface area contributed by atoms with Crippen LogP contribution in [-0.4, -0.2) is 5.78 Å². The Morgan fingerprint density at radius 1 is 0.750 bits per heavy atom. The van der Waals surface area contributed by atoms with E-state index in [0.29, 0.717) is 6.54 Å². The number of halogens is 1. The molecule has 5 rings (SSSR count). The van der Waals surface area contributed by atoms with E-state index in [0.717, 1.165) is 37.0 Å². The van der Waals surface area contributed by atoms with Crippen molar-refractivity contribution in [1.29, 1.82) is 0 Å². The van der Waals surface area contributed by atoms with Crippen LogP contribution in [0.1, 0.15) is 10.4 Å². The molecule has 5 aromatic rings. The lowest BCUT2D eigenvalue weighted by Crippen LogP contribution is -2.37. The number of hydrogen-bond acceptors (Lipinski definition) is 1. The van der Waals surface area contributed by atoms with Gasteiger partial charge in [0, 0.05) is 21.5 Å². The van der Waals surface area contributed by atoms with Gasteiger partial charge in [-0.1, -0.05) is 70.5 Å². The van der Waals surface area contributed by atoms with E-state index in [1.807, 2.05) is 65.5 Å². The van der Waals surface area contributed by atoms with Crippen LogP contribution in [0.3, 0.4) is 0 Å². The maximum Gasteiger partial charge on any atom is 0.227 e. The molecule has 0 aliphatic rings. The Morgan fingerprint density at radius 2 is 1.50 bits per heavy atom. The van der Waals surface area contributed by atoms with Gasteiger partial charge in [0.25, 0.3) is 0 Å². The van der Waals surface area contributed by atoms with E-state index in [1.165, 1.54) is 5.39 Å². The van der Waals surface area contributed by atoms with Crippen molar-refractivity contribution < 1.29 is 9.36 Å². The molecule has 0 radical (unpaired) electrons.